The molecule has 0 saturated carbocycles. The van der Waals surface area contributed by atoms with Crippen molar-refractivity contribution in [2.24, 2.45) is 5.92 Å². The minimum atomic E-state index is -0.546. The predicted molar refractivity (Wildman–Crippen MR) is 188 cm³/mol. The fourth-order valence-electron chi connectivity index (χ4n) is 6.12. The Hall–Kier alpha value is -2.71. The number of hydrogen-bond donors (Lipinski definition) is 2. The topological polar surface area (TPSA) is 80.3 Å². The summed E-state index contributed by atoms with van der Waals surface area (Å²) in [6.07, 6.45) is 15.8. The van der Waals surface area contributed by atoms with E-state index in [0.29, 0.717) is 5.69 Å². The maximum Gasteiger partial charge on any atom is 0.411 e. The Bertz CT molecular complexity index is 1090. The zero-order chi connectivity index (χ0) is 33.0. The molecule has 1 amide bonds. The Kier molecular flexibility index (Phi) is 18.0. The normalized spacial score (nSPS) is 19.7. The maximum atomic E-state index is 12.0. The Morgan fingerprint density at radius 3 is 1.98 bits per heavy atom. The van der Waals surface area contributed by atoms with Crippen LogP contribution in [0.15, 0.2) is 61.2 Å². The molecule has 2 aromatic rings. The largest absolute Gasteiger partial charge is 0.445 e. The van der Waals surface area contributed by atoms with Crippen molar-refractivity contribution >= 4 is 11.8 Å². The van der Waals surface area contributed by atoms with E-state index in [-0.39, 0.29) is 31.3 Å². The van der Waals surface area contributed by atoms with Gasteiger partial charge in [0.2, 0.25) is 0 Å². The molecule has 7 nitrogen and oxygen atoms in total. The second-order valence-corrected chi connectivity index (χ2v) is 12.8. The number of carbonyl (C=O) groups is 1. The fraction of sp³-hybridized carbons (Fsp3) is 0.615. The van der Waals surface area contributed by atoms with Gasteiger partial charge < -0.3 is 24.2 Å². The Morgan fingerprint density at radius 1 is 0.848 bits per heavy atom. The monoisotopic (exact) mass is 636 g/mol. The third-order valence-corrected chi connectivity index (χ3v) is 8.98. The number of benzene rings is 2. The predicted octanol–water partition coefficient (Wildman–Crippen LogP) is 9.73. The van der Waals surface area contributed by atoms with Gasteiger partial charge in [0, 0.05) is 23.7 Å². The molecule has 7 heteroatoms. The number of anilines is 1. The number of amides is 1. The summed E-state index contributed by atoms with van der Waals surface area (Å²) < 4.78 is 18.5. The number of carbonyl (C=O) groups excluding carboxylic acids is 1. The maximum absolute atomic E-state index is 12.0. The van der Waals surface area contributed by atoms with Crippen LogP contribution < -0.4 is 5.32 Å². The third kappa shape index (κ3) is 13.2. The minimum Gasteiger partial charge on any atom is -0.445 e. The highest BCUT2D eigenvalue weighted by Gasteiger charge is 2.39. The molecule has 1 aliphatic rings. The van der Waals surface area contributed by atoms with Crippen molar-refractivity contribution < 1.29 is 24.1 Å². The van der Waals surface area contributed by atoms with Crippen LogP contribution in [-0.4, -0.2) is 48.4 Å². The third-order valence-electron chi connectivity index (χ3n) is 8.98. The molecular weight excluding hydrogens is 576 g/mol. The first-order chi connectivity index (χ1) is 22.5. The number of ether oxygens (including phenoxy) is 3. The number of aliphatic hydroxyl groups excluding tert-OH is 1. The molecule has 46 heavy (non-hydrogen) atoms. The van der Waals surface area contributed by atoms with Crippen molar-refractivity contribution in [3.8, 4) is 0 Å². The molecule has 0 aromatic heterocycles. The summed E-state index contributed by atoms with van der Waals surface area (Å²) in [5.41, 5.74) is 3.51. The molecule has 1 heterocycles. The van der Waals surface area contributed by atoms with Gasteiger partial charge in [-0.3, -0.25) is 5.32 Å². The van der Waals surface area contributed by atoms with E-state index < -0.39 is 12.4 Å². The molecule has 1 aliphatic heterocycles. The smallest absolute Gasteiger partial charge is 0.411 e. The molecule has 0 spiro atoms. The standard InChI is InChI=1S/C39H60N2O5/c1-5-8-10-12-14-16-26-41(27-17-15-13-11-9-6-2)29-36-31(4)37(33-20-18-32(30-42)19-21-33)46-38(45-36)34-22-24-35(25-23-34)40-39(43)44-28-7-3/h7,18-25,31,36-38,42H,3,5-6,8-17,26-30H2,1-2,4H3,(H,40,43)/t31-,36+,37+,38+/m0/s1. The van der Waals surface area contributed by atoms with E-state index in [4.69, 9.17) is 14.2 Å². The van der Waals surface area contributed by atoms with E-state index in [0.717, 1.165) is 36.3 Å². The number of hydrogen-bond acceptors (Lipinski definition) is 6. The molecule has 4 atom stereocenters. The van der Waals surface area contributed by atoms with Crippen LogP contribution in [0.2, 0.25) is 0 Å². The van der Waals surface area contributed by atoms with Crippen molar-refractivity contribution in [2.75, 3.05) is 31.6 Å². The highest BCUT2D eigenvalue weighted by molar-refractivity contribution is 5.84. The van der Waals surface area contributed by atoms with E-state index in [1.54, 1.807) is 0 Å². The van der Waals surface area contributed by atoms with Crippen LogP contribution in [0.25, 0.3) is 0 Å². The summed E-state index contributed by atoms with van der Waals surface area (Å²) in [5.74, 6) is 0.133. The molecule has 2 aromatic carbocycles. The highest BCUT2D eigenvalue weighted by Crippen LogP contribution is 2.42. The Morgan fingerprint density at radius 2 is 1.41 bits per heavy atom. The van der Waals surface area contributed by atoms with E-state index in [1.165, 1.54) is 83.1 Å². The van der Waals surface area contributed by atoms with Crippen LogP contribution in [-0.2, 0) is 20.8 Å². The van der Waals surface area contributed by atoms with Gasteiger partial charge in [0.1, 0.15) is 6.61 Å². The van der Waals surface area contributed by atoms with Crippen molar-refractivity contribution in [2.45, 2.75) is 123 Å². The van der Waals surface area contributed by atoms with Crippen LogP contribution in [0, 0.1) is 5.92 Å². The Balaban J connectivity index is 1.75. The molecule has 3 rings (SSSR count). The zero-order valence-electron chi connectivity index (χ0n) is 28.8. The molecule has 1 saturated heterocycles. The first kappa shape index (κ1) is 37.7. The first-order valence-corrected chi connectivity index (χ1v) is 17.9. The number of nitrogens with zero attached hydrogens (tertiary/aromatic N) is 1. The highest BCUT2D eigenvalue weighted by atomic mass is 16.7. The van der Waals surface area contributed by atoms with Gasteiger partial charge >= 0.3 is 6.09 Å². The van der Waals surface area contributed by atoms with Crippen LogP contribution in [0.4, 0.5) is 10.5 Å². The molecular formula is C39H60N2O5. The van der Waals surface area contributed by atoms with Gasteiger partial charge in [-0.1, -0.05) is 134 Å². The molecule has 0 radical (unpaired) electrons. The quantitative estimate of drug-likeness (QED) is 0.0989. The van der Waals surface area contributed by atoms with Crippen LogP contribution >= 0.6 is 0 Å². The molecule has 0 bridgehead atoms. The number of aliphatic hydroxyl groups is 1. The van der Waals surface area contributed by atoms with Crippen LogP contribution in [0.3, 0.4) is 0 Å². The summed E-state index contributed by atoms with van der Waals surface area (Å²) in [6, 6.07) is 15.7. The zero-order valence-corrected chi connectivity index (χ0v) is 28.8. The lowest BCUT2D eigenvalue weighted by Crippen LogP contribution is -2.45. The molecule has 0 aliphatic carbocycles. The van der Waals surface area contributed by atoms with E-state index in [1.807, 2.05) is 36.4 Å². The van der Waals surface area contributed by atoms with Crippen molar-refractivity contribution in [1.82, 2.24) is 4.90 Å². The fourth-order valence-corrected chi connectivity index (χ4v) is 6.12. The van der Waals surface area contributed by atoms with Crippen molar-refractivity contribution in [1.29, 1.82) is 0 Å². The van der Waals surface area contributed by atoms with E-state index in [2.05, 4.69) is 49.7 Å². The van der Waals surface area contributed by atoms with E-state index >= 15 is 0 Å². The second-order valence-electron chi connectivity index (χ2n) is 12.8. The van der Waals surface area contributed by atoms with Gasteiger partial charge in [-0.15, -0.1) is 0 Å². The summed E-state index contributed by atoms with van der Waals surface area (Å²) in [4.78, 5) is 14.7. The summed E-state index contributed by atoms with van der Waals surface area (Å²) in [7, 11) is 0. The first-order valence-electron chi connectivity index (χ1n) is 17.9. The van der Waals surface area contributed by atoms with Gasteiger partial charge in [-0.2, -0.15) is 0 Å². The minimum absolute atomic E-state index is 0.0169. The Labute approximate surface area is 278 Å². The lowest BCUT2D eigenvalue weighted by Gasteiger charge is -2.43. The van der Waals surface area contributed by atoms with Gasteiger partial charge in [0.25, 0.3) is 0 Å². The molecule has 256 valence electrons. The number of unbranched alkanes of at least 4 members (excludes halogenated alkanes) is 10. The van der Waals surface area contributed by atoms with Gasteiger partial charge in [-0.05, 0) is 49.2 Å². The van der Waals surface area contributed by atoms with Gasteiger partial charge in [0.15, 0.2) is 6.29 Å². The average Bonchev–Trinajstić information content (AvgIpc) is 3.08. The molecule has 2 N–H and O–H groups in total. The second kappa shape index (κ2) is 22.0. The summed E-state index contributed by atoms with van der Waals surface area (Å²) in [6.45, 7) is 13.6. The number of nitrogens with one attached hydrogen (secondary N) is 1. The molecule has 1 fully saturated rings. The van der Waals surface area contributed by atoms with Crippen molar-refractivity contribution in [3.63, 3.8) is 0 Å². The van der Waals surface area contributed by atoms with Crippen LogP contribution in [0.5, 0.6) is 0 Å². The lowest BCUT2D eigenvalue weighted by atomic mass is 9.90. The van der Waals surface area contributed by atoms with Gasteiger partial charge in [0.05, 0.1) is 18.8 Å². The van der Waals surface area contributed by atoms with Gasteiger partial charge in [-0.25, -0.2) is 4.79 Å². The molecule has 0 unspecified atom stereocenters. The summed E-state index contributed by atoms with van der Waals surface area (Å²) >= 11 is 0. The van der Waals surface area contributed by atoms with Crippen molar-refractivity contribution in [3.05, 3.63) is 77.9 Å². The average molecular weight is 637 g/mol. The number of rotatable bonds is 22. The van der Waals surface area contributed by atoms with Crippen LogP contribution in [0.1, 0.15) is 127 Å². The SMILES string of the molecule is C=CCOC(=O)Nc1ccc([C@@H]2O[C@H](CN(CCCCCCCC)CCCCCCCC)[C@H](C)[C@H](c3ccc(CO)cc3)O2)cc1. The lowest BCUT2D eigenvalue weighted by molar-refractivity contribution is -0.276. The summed E-state index contributed by atoms with van der Waals surface area (Å²) in [5, 5.41) is 12.4. The van der Waals surface area contributed by atoms with E-state index in [9.17, 15) is 9.90 Å².